The van der Waals surface area contributed by atoms with Crippen LogP contribution in [0.1, 0.15) is 5.56 Å². The monoisotopic (exact) mass is 235 g/mol. The van der Waals surface area contributed by atoms with E-state index >= 15 is 0 Å². The SMILES string of the molecule is O=c1[nH]c2ccc(CC3(CO)COC3)cc2o1. The Morgan fingerprint density at radius 1 is 1.41 bits per heavy atom. The zero-order valence-corrected chi connectivity index (χ0v) is 9.23. The Morgan fingerprint density at radius 3 is 2.88 bits per heavy atom. The van der Waals surface area contributed by atoms with Crippen LogP contribution in [0.2, 0.25) is 0 Å². The second-order valence-corrected chi connectivity index (χ2v) is 4.67. The van der Waals surface area contributed by atoms with E-state index in [1.165, 1.54) is 0 Å². The number of aliphatic hydroxyl groups excluding tert-OH is 1. The fraction of sp³-hybridized carbons (Fsp3) is 0.417. The zero-order valence-electron chi connectivity index (χ0n) is 9.23. The molecule has 17 heavy (non-hydrogen) atoms. The van der Waals surface area contributed by atoms with E-state index in [1.807, 2.05) is 18.2 Å². The Morgan fingerprint density at radius 2 is 2.24 bits per heavy atom. The van der Waals surface area contributed by atoms with Gasteiger partial charge in [-0.25, -0.2) is 4.79 Å². The summed E-state index contributed by atoms with van der Waals surface area (Å²) in [6.07, 6.45) is 0.730. The molecule has 1 saturated heterocycles. The first-order valence-electron chi connectivity index (χ1n) is 5.51. The molecule has 1 aliphatic heterocycles. The minimum Gasteiger partial charge on any atom is -0.408 e. The van der Waals surface area contributed by atoms with Crippen LogP contribution in [-0.2, 0) is 11.2 Å². The summed E-state index contributed by atoms with van der Waals surface area (Å²) in [5.41, 5.74) is 2.13. The number of oxazole rings is 1. The molecular formula is C12H13NO4. The summed E-state index contributed by atoms with van der Waals surface area (Å²) in [7, 11) is 0. The molecule has 0 spiro atoms. The van der Waals surface area contributed by atoms with Crippen LogP contribution in [0.4, 0.5) is 0 Å². The molecule has 1 aromatic carbocycles. The van der Waals surface area contributed by atoms with Gasteiger partial charge >= 0.3 is 5.76 Å². The van der Waals surface area contributed by atoms with Gasteiger partial charge in [-0.2, -0.15) is 0 Å². The van der Waals surface area contributed by atoms with Crippen LogP contribution in [0.15, 0.2) is 27.4 Å². The number of hydrogen-bond acceptors (Lipinski definition) is 4. The maximum absolute atomic E-state index is 11.0. The van der Waals surface area contributed by atoms with Crippen LogP contribution in [0.3, 0.4) is 0 Å². The van der Waals surface area contributed by atoms with E-state index in [4.69, 9.17) is 9.15 Å². The maximum Gasteiger partial charge on any atom is 0.417 e. The highest BCUT2D eigenvalue weighted by Gasteiger charge is 2.38. The third-order valence-electron chi connectivity index (χ3n) is 3.22. The molecule has 2 aromatic rings. The van der Waals surface area contributed by atoms with E-state index < -0.39 is 5.76 Å². The van der Waals surface area contributed by atoms with Crippen LogP contribution in [0, 0.1) is 5.41 Å². The number of hydrogen-bond donors (Lipinski definition) is 2. The predicted octanol–water partition coefficient (Wildman–Crippen LogP) is 0.672. The van der Waals surface area contributed by atoms with Gasteiger partial charge < -0.3 is 14.3 Å². The van der Waals surface area contributed by atoms with Gasteiger partial charge in [0.1, 0.15) is 0 Å². The summed E-state index contributed by atoms with van der Waals surface area (Å²) < 4.78 is 10.2. The molecular weight excluding hydrogens is 222 g/mol. The lowest BCUT2D eigenvalue weighted by Gasteiger charge is -2.40. The first kappa shape index (κ1) is 10.6. The summed E-state index contributed by atoms with van der Waals surface area (Å²) in [6.45, 7) is 1.28. The molecule has 5 heteroatoms. The topological polar surface area (TPSA) is 75.5 Å². The van der Waals surface area contributed by atoms with Gasteiger partial charge in [0.2, 0.25) is 0 Å². The van der Waals surface area contributed by atoms with Crippen LogP contribution in [0.25, 0.3) is 11.1 Å². The van der Waals surface area contributed by atoms with Crippen molar-refractivity contribution in [3.8, 4) is 0 Å². The van der Waals surface area contributed by atoms with Crippen molar-refractivity contribution in [1.82, 2.24) is 4.98 Å². The largest absolute Gasteiger partial charge is 0.417 e. The molecule has 0 atom stereocenters. The maximum atomic E-state index is 11.0. The number of rotatable bonds is 3. The molecule has 3 rings (SSSR count). The summed E-state index contributed by atoms with van der Waals surface area (Å²) in [5.74, 6) is -0.444. The van der Waals surface area contributed by atoms with Crippen molar-refractivity contribution in [2.24, 2.45) is 5.41 Å². The van der Waals surface area contributed by atoms with E-state index in [-0.39, 0.29) is 12.0 Å². The number of aliphatic hydroxyl groups is 1. The molecule has 1 fully saturated rings. The molecule has 90 valence electrons. The van der Waals surface area contributed by atoms with Crippen molar-refractivity contribution < 1.29 is 14.3 Å². The molecule has 0 amide bonds. The van der Waals surface area contributed by atoms with E-state index in [9.17, 15) is 9.90 Å². The Balaban J connectivity index is 1.92. The van der Waals surface area contributed by atoms with Gasteiger partial charge in [0.25, 0.3) is 0 Å². The average Bonchev–Trinajstić information content (AvgIpc) is 2.63. The molecule has 5 nitrogen and oxygen atoms in total. The van der Waals surface area contributed by atoms with Gasteiger partial charge in [-0.15, -0.1) is 0 Å². The van der Waals surface area contributed by atoms with Crippen LogP contribution < -0.4 is 5.76 Å². The Hall–Kier alpha value is -1.59. The fourth-order valence-electron chi connectivity index (χ4n) is 2.17. The molecule has 2 heterocycles. The highest BCUT2D eigenvalue weighted by Crippen LogP contribution is 2.31. The van der Waals surface area contributed by atoms with Gasteiger partial charge in [-0.05, 0) is 24.1 Å². The van der Waals surface area contributed by atoms with Crippen molar-refractivity contribution in [3.05, 3.63) is 34.3 Å². The normalized spacial score (nSPS) is 18.2. The predicted molar refractivity (Wildman–Crippen MR) is 60.9 cm³/mol. The minimum atomic E-state index is -0.444. The Kier molecular flexibility index (Phi) is 2.31. The van der Waals surface area contributed by atoms with E-state index in [1.54, 1.807) is 0 Å². The highest BCUT2D eigenvalue weighted by atomic mass is 16.5. The summed E-state index contributed by atoms with van der Waals surface area (Å²) in [4.78, 5) is 13.6. The third-order valence-corrected chi connectivity index (χ3v) is 3.22. The summed E-state index contributed by atoms with van der Waals surface area (Å²) in [5, 5.41) is 9.36. The van der Waals surface area contributed by atoms with E-state index in [0.717, 1.165) is 12.0 Å². The molecule has 0 radical (unpaired) electrons. The minimum absolute atomic E-state index is 0.113. The number of aromatic amines is 1. The van der Waals surface area contributed by atoms with Gasteiger partial charge in [-0.3, -0.25) is 4.98 Å². The molecule has 2 N–H and O–H groups in total. The lowest BCUT2D eigenvalue weighted by atomic mass is 9.80. The Labute approximate surface area is 97.0 Å². The van der Waals surface area contributed by atoms with Crippen molar-refractivity contribution in [2.75, 3.05) is 19.8 Å². The second kappa shape index (κ2) is 3.72. The number of nitrogens with one attached hydrogen (secondary N) is 1. The molecule has 1 aliphatic rings. The molecule has 0 aliphatic carbocycles. The zero-order chi connectivity index (χ0) is 11.9. The number of fused-ring (bicyclic) bond motifs is 1. The first-order chi connectivity index (χ1) is 8.21. The highest BCUT2D eigenvalue weighted by molar-refractivity contribution is 5.72. The summed E-state index contributed by atoms with van der Waals surface area (Å²) in [6, 6.07) is 5.59. The lowest BCUT2D eigenvalue weighted by molar-refractivity contribution is -0.136. The van der Waals surface area contributed by atoms with Crippen LogP contribution in [0.5, 0.6) is 0 Å². The number of H-pyrrole nitrogens is 1. The van der Waals surface area contributed by atoms with E-state index in [0.29, 0.717) is 24.3 Å². The van der Waals surface area contributed by atoms with Crippen LogP contribution in [-0.4, -0.2) is 29.9 Å². The van der Waals surface area contributed by atoms with Gasteiger partial charge in [0.15, 0.2) is 5.58 Å². The van der Waals surface area contributed by atoms with Crippen molar-refractivity contribution in [3.63, 3.8) is 0 Å². The molecule has 0 saturated carbocycles. The quantitative estimate of drug-likeness (QED) is 0.820. The van der Waals surface area contributed by atoms with Gasteiger partial charge in [-0.1, -0.05) is 6.07 Å². The third kappa shape index (κ3) is 1.77. The van der Waals surface area contributed by atoms with Gasteiger partial charge in [0, 0.05) is 5.41 Å². The number of benzene rings is 1. The lowest BCUT2D eigenvalue weighted by Crippen LogP contribution is -2.47. The van der Waals surface area contributed by atoms with Crippen molar-refractivity contribution >= 4 is 11.1 Å². The Bertz CT molecular complexity index is 588. The number of ether oxygens (including phenoxy) is 1. The second-order valence-electron chi connectivity index (χ2n) is 4.67. The van der Waals surface area contributed by atoms with Gasteiger partial charge in [0.05, 0.1) is 25.3 Å². The summed E-state index contributed by atoms with van der Waals surface area (Å²) >= 11 is 0. The smallest absolute Gasteiger partial charge is 0.408 e. The molecule has 0 bridgehead atoms. The molecule has 0 unspecified atom stereocenters. The van der Waals surface area contributed by atoms with Crippen molar-refractivity contribution in [2.45, 2.75) is 6.42 Å². The first-order valence-corrected chi connectivity index (χ1v) is 5.51. The standard InChI is InChI=1S/C12H13NO4/c14-5-12(6-16-7-12)4-8-1-2-9-10(3-8)17-11(15)13-9/h1-3,14H,4-7H2,(H,13,15). The van der Waals surface area contributed by atoms with Crippen molar-refractivity contribution in [1.29, 1.82) is 0 Å². The fourth-order valence-corrected chi connectivity index (χ4v) is 2.17. The molecule has 1 aromatic heterocycles. The van der Waals surface area contributed by atoms with E-state index in [2.05, 4.69) is 4.98 Å². The number of aromatic nitrogens is 1. The average molecular weight is 235 g/mol. The van der Waals surface area contributed by atoms with Crippen LogP contribution >= 0.6 is 0 Å².